The molecule has 0 aromatic heterocycles. The van der Waals surface area contributed by atoms with Crippen LogP contribution in [0.2, 0.25) is 0 Å². The van der Waals surface area contributed by atoms with E-state index in [1.54, 1.807) is 6.07 Å². The number of hydrogen-bond acceptors (Lipinski definition) is 2. The number of aliphatic hydroxyl groups is 1. The molecule has 2 N–H and O–H groups in total. The number of hydrogen-bond donors (Lipinski definition) is 2. The zero-order valence-electron chi connectivity index (χ0n) is 12.0. The lowest BCUT2D eigenvalue weighted by molar-refractivity contribution is -0.138. The van der Waals surface area contributed by atoms with E-state index in [9.17, 15) is 18.3 Å². The van der Waals surface area contributed by atoms with Gasteiger partial charge in [0, 0.05) is 13.1 Å². The third kappa shape index (κ3) is 4.71. The molecule has 1 aromatic carbocycles. The summed E-state index contributed by atoms with van der Waals surface area (Å²) < 4.78 is 38.6. The topological polar surface area (TPSA) is 32.3 Å². The van der Waals surface area contributed by atoms with Crippen LogP contribution < -0.4 is 5.32 Å². The molecule has 0 heterocycles. The van der Waals surface area contributed by atoms with E-state index in [0.29, 0.717) is 6.54 Å². The maximum atomic E-state index is 12.9. The van der Waals surface area contributed by atoms with Crippen molar-refractivity contribution < 1.29 is 18.3 Å². The highest BCUT2D eigenvalue weighted by molar-refractivity contribution is 5.29. The van der Waals surface area contributed by atoms with Crippen LogP contribution in [0.15, 0.2) is 24.3 Å². The lowest BCUT2D eigenvalue weighted by atomic mass is 9.94. The molecule has 1 aromatic rings. The number of halogens is 3. The fourth-order valence-electron chi connectivity index (χ4n) is 2.94. The van der Waals surface area contributed by atoms with Crippen LogP contribution in [-0.4, -0.2) is 17.3 Å². The molecular formula is C16H22F3NO. The van der Waals surface area contributed by atoms with Crippen LogP contribution in [0.4, 0.5) is 13.2 Å². The second-order valence-electron chi connectivity index (χ2n) is 5.90. The number of benzene rings is 1. The minimum Gasteiger partial charge on any atom is -0.389 e. The second kappa shape index (κ2) is 6.79. The van der Waals surface area contributed by atoms with Gasteiger partial charge in [-0.1, -0.05) is 43.9 Å². The molecule has 1 aliphatic rings. The van der Waals surface area contributed by atoms with Crippen molar-refractivity contribution in [3.8, 4) is 0 Å². The maximum Gasteiger partial charge on any atom is 0.416 e. The molecule has 0 unspecified atom stereocenters. The van der Waals surface area contributed by atoms with Crippen molar-refractivity contribution in [2.45, 2.75) is 56.8 Å². The lowest BCUT2D eigenvalue weighted by Gasteiger charge is -2.27. The highest BCUT2D eigenvalue weighted by Crippen LogP contribution is 2.32. The van der Waals surface area contributed by atoms with Gasteiger partial charge in [0.25, 0.3) is 0 Å². The summed E-state index contributed by atoms with van der Waals surface area (Å²) in [6.45, 7) is 0.469. The molecule has 1 aliphatic carbocycles. The Morgan fingerprint density at radius 2 is 1.67 bits per heavy atom. The van der Waals surface area contributed by atoms with Gasteiger partial charge < -0.3 is 10.4 Å². The predicted molar refractivity (Wildman–Crippen MR) is 75.8 cm³/mol. The Morgan fingerprint density at radius 1 is 1.05 bits per heavy atom. The van der Waals surface area contributed by atoms with E-state index in [0.717, 1.165) is 44.6 Å². The summed E-state index contributed by atoms with van der Waals surface area (Å²) in [4.78, 5) is 0. The van der Waals surface area contributed by atoms with Crippen molar-refractivity contribution >= 4 is 0 Å². The van der Waals surface area contributed by atoms with Gasteiger partial charge in [-0.3, -0.25) is 0 Å². The van der Waals surface area contributed by atoms with Crippen LogP contribution in [0.25, 0.3) is 0 Å². The summed E-state index contributed by atoms with van der Waals surface area (Å²) >= 11 is 0. The molecule has 0 radical (unpaired) electrons. The highest BCUT2D eigenvalue weighted by atomic mass is 19.4. The molecule has 2 rings (SSSR count). The van der Waals surface area contributed by atoms with Crippen LogP contribution in [0.5, 0.6) is 0 Å². The Balaban J connectivity index is 1.94. The van der Waals surface area contributed by atoms with E-state index < -0.39 is 17.3 Å². The monoisotopic (exact) mass is 301 g/mol. The van der Waals surface area contributed by atoms with Crippen molar-refractivity contribution in [1.82, 2.24) is 5.32 Å². The lowest BCUT2D eigenvalue weighted by Crippen LogP contribution is -2.40. The molecule has 0 atom stereocenters. The number of alkyl halides is 3. The van der Waals surface area contributed by atoms with Gasteiger partial charge in [0.05, 0.1) is 11.2 Å². The first-order chi connectivity index (χ1) is 9.91. The Kier molecular flexibility index (Phi) is 5.27. The van der Waals surface area contributed by atoms with Gasteiger partial charge >= 0.3 is 6.18 Å². The third-order valence-electron chi connectivity index (χ3n) is 4.13. The van der Waals surface area contributed by atoms with Gasteiger partial charge in [-0.2, -0.15) is 13.2 Å². The SMILES string of the molecule is OC1(CNCc2ccccc2C(F)(F)F)CCCCCC1. The molecule has 0 aliphatic heterocycles. The molecule has 0 spiro atoms. The zero-order valence-corrected chi connectivity index (χ0v) is 12.0. The Labute approximate surface area is 123 Å². The van der Waals surface area contributed by atoms with Crippen molar-refractivity contribution in [2.24, 2.45) is 0 Å². The predicted octanol–water partition coefficient (Wildman–Crippen LogP) is 3.88. The van der Waals surface area contributed by atoms with E-state index in [4.69, 9.17) is 0 Å². The first-order valence-corrected chi connectivity index (χ1v) is 7.49. The molecule has 21 heavy (non-hydrogen) atoms. The Morgan fingerprint density at radius 3 is 2.29 bits per heavy atom. The fraction of sp³-hybridized carbons (Fsp3) is 0.625. The van der Waals surface area contributed by atoms with Crippen LogP contribution in [0.3, 0.4) is 0 Å². The highest BCUT2D eigenvalue weighted by Gasteiger charge is 2.33. The summed E-state index contributed by atoms with van der Waals surface area (Å²) in [5.41, 5.74) is -1.16. The van der Waals surface area contributed by atoms with Gasteiger partial charge in [-0.05, 0) is 24.5 Å². The Bertz CT molecular complexity index is 451. The molecule has 0 amide bonds. The molecule has 0 saturated heterocycles. The van der Waals surface area contributed by atoms with Gasteiger partial charge in [0.1, 0.15) is 0 Å². The van der Waals surface area contributed by atoms with Crippen molar-refractivity contribution in [2.75, 3.05) is 6.54 Å². The summed E-state index contributed by atoms with van der Waals surface area (Å²) in [5, 5.41) is 13.5. The average Bonchev–Trinajstić information content (AvgIpc) is 2.63. The van der Waals surface area contributed by atoms with Gasteiger partial charge in [-0.15, -0.1) is 0 Å². The van der Waals surface area contributed by atoms with E-state index >= 15 is 0 Å². The minimum atomic E-state index is -4.34. The molecule has 118 valence electrons. The van der Waals surface area contributed by atoms with Crippen molar-refractivity contribution in [3.05, 3.63) is 35.4 Å². The minimum absolute atomic E-state index is 0.123. The van der Waals surface area contributed by atoms with E-state index in [-0.39, 0.29) is 12.1 Å². The Hall–Kier alpha value is -1.07. The molecule has 1 saturated carbocycles. The molecule has 1 fully saturated rings. The molecular weight excluding hydrogens is 279 g/mol. The molecule has 2 nitrogen and oxygen atoms in total. The normalized spacial score (nSPS) is 19.2. The summed E-state index contributed by atoms with van der Waals surface area (Å²) in [6, 6.07) is 5.57. The number of rotatable bonds is 4. The van der Waals surface area contributed by atoms with Gasteiger partial charge in [-0.25, -0.2) is 0 Å². The summed E-state index contributed by atoms with van der Waals surface area (Å²) in [5.74, 6) is 0. The quantitative estimate of drug-likeness (QED) is 0.827. The zero-order chi connectivity index (χ0) is 15.3. The molecule has 5 heteroatoms. The van der Waals surface area contributed by atoms with Crippen LogP contribution >= 0.6 is 0 Å². The third-order valence-corrected chi connectivity index (χ3v) is 4.13. The molecule has 0 bridgehead atoms. The second-order valence-corrected chi connectivity index (χ2v) is 5.90. The smallest absolute Gasteiger partial charge is 0.389 e. The average molecular weight is 301 g/mol. The van der Waals surface area contributed by atoms with E-state index in [1.807, 2.05) is 0 Å². The van der Waals surface area contributed by atoms with E-state index in [1.165, 1.54) is 12.1 Å². The van der Waals surface area contributed by atoms with E-state index in [2.05, 4.69) is 5.32 Å². The standard InChI is InChI=1S/C16H22F3NO/c17-16(18,19)14-8-4-3-7-13(14)11-20-12-15(21)9-5-1-2-6-10-15/h3-4,7-8,20-21H,1-2,5-6,9-12H2. The first-order valence-electron chi connectivity index (χ1n) is 7.49. The van der Waals surface area contributed by atoms with Crippen LogP contribution in [-0.2, 0) is 12.7 Å². The van der Waals surface area contributed by atoms with Crippen LogP contribution in [0, 0.1) is 0 Å². The maximum absolute atomic E-state index is 12.9. The fourth-order valence-corrected chi connectivity index (χ4v) is 2.94. The summed E-state index contributed by atoms with van der Waals surface area (Å²) in [7, 11) is 0. The van der Waals surface area contributed by atoms with Crippen LogP contribution in [0.1, 0.15) is 49.7 Å². The first kappa shape index (κ1) is 16.3. The van der Waals surface area contributed by atoms with Gasteiger partial charge in [0.15, 0.2) is 0 Å². The van der Waals surface area contributed by atoms with Crippen molar-refractivity contribution in [3.63, 3.8) is 0 Å². The number of nitrogens with one attached hydrogen (secondary N) is 1. The summed E-state index contributed by atoms with van der Waals surface area (Å²) in [6.07, 6.45) is 1.33. The largest absolute Gasteiger partial charge is 0.416 e. The van der Waals surface area contributed by atoms with Gasteiger partial charge in [0.2, 0.25) is 0 Å². The van der Waals surface area contributed by atoms with Crippen molar-refractivity contribution in [1.29, 1.82) is 0 Å².